The normalized spacial score (nSPS) is 14.5. The molecule has 1 N–H and O–H groups in total. The Morgan fingerprint density at radius 1 is 1.12 bits per heavy atom. The molecular weight excluding hydrogens is 329 g/mol. The van der Waals surface area contributed by atoms with Crippen LogP contribution in [0.1, 0.15) is 43.4 Å². The molecule has 1 unspecified atom stereocenters. The third-order valence-electron chi connectivity index (χ3n) is 3.46. The van der Waals surface area contributed by atoms with Gasteiger partial charge < -0.3 is 10.1 Å². The van der Waals surface area contributed by atoms with Crippen molar-refractivity contribution in [1.82, 2.24) is 5.32 Å². The Bertz CT molecular complexity index is 525. The van der Waals surface area contributed by atoms with Gasteiger partial charge in [0.2, 0.25) is 0 Å². The fraction of sp³-hybridized carbons (Fsp3) is 0.529. The summed E-state index contributed by atoms with van der Waals surface area (Å²) in [5.41, 5.74) is 1.83. The summed E-state index contributed by atoms with van der Waals surface area (Å²) in [6, 6.07) is 7.64. The zero-order chi connectivity index (χ0) is 18.2. The second-order valence-corrected chi connectivity index (χ2v) is 5.47. The smallest absolute Gasteiger partial charge is 0.370 e. The number of ether oxygens (including phenoxy) is 1. The zero-order valence-electron chi connectivity index (χ0n) is 13.7. The molecule has 0 fully saturated rings. The van der Waals surface area contributed by atoms with E-state index in [1.165, 1.54) is 0 Å². The molecule has 1 atom stereocenters. The van der Waals surface area contributed by atoms with E-state index in [1.54, 1.807) is 12.1 Å². The van der Waals surface area contributed by atoms with Gasteiger partial charge >= 0.3 is 6.18 Å². The van der Waals surface area contributed by atoms with Crippen molar-refractivity contribution < 1.29 is 26.7 Å². The van der Waals surface area contributed by atoms with Crippen molar-refractivity contribution in [3.8, 4) is 0 Å². The number of hydrogen-bond acceptors (Lipinski definition) is 2. The van der Waals surface area contributed by atoms with Crippen molar-refractivity contribution in [1.29, 1.82) is 0 Å². The number of rotatable bonds is 9. The molecule has 7 heteroatoms. The van der Waals surface area contributed by atoms with Gasteiger partial charge in [-0.1, -0.05) is 37.6 Å². The quantitative estimate of drug-likeness (QED) is 0.604. The highest BCUT2D eigenvalue weighted by Crippen LogP contribution is 2.27. The summed E-state index contributed by atoms with van der Waals surface area (Å²) >= 11 is 0. The topological polar surface area (TPSA) is 21.3 Å². The average molecular weight is 351 g/mol. The molecular formula is C17H22F5NO. The molecule has 0 bridgehead atoms. The Morgan fingerprint density at radius 2 is 1.75 bits per heavy atom. The molecule has 0 aliphatic rings. The van der Waals surface area contributed by atoms with Crippen LogP contribution in [0.15, 0.2) is 35.9 Å². The van der Waals surface area contributed by atoms with Crippen LogP contribution in [-0.4, -0.2) is 19.8 Å². The Hall–Kier alpha value is -1.47. The second kappa shape index (κ2) is 9.74. The van der Waals surface area contributed by atoms with Crippen molar-refractivity contribution in [2.45, 2.75) is 45.0 Å². The summed E-state index contributed by atoms with van der Waals surface area (Å²) in [4.78, 5) is 0. The third kappa shape index (κ3) is 7.40. The first-order valence-corrected chi connectivity index (χ1v) is 7.70. The zero-order valence-corrected chi connectivity index (χ0v) is 13.7. The summed E-state index contributed by atoms with van der Waals surface area (Å²) in [6.07, 6.45) is -4.67. The molecule has 0 aliphatic heterocycles. The molecule has 1 aromatic rings. The molecule has 0 radical (unpaired) electrons. The lowest BCUT2D eigenvalue weighted by Crippen LogP contribution is -2.15. The molecule has 0 spiro atoms. The second-order valence-electron chi connectivity index (χ2n) is 5.47. The van der Waals surface area contributed by atoms with Gasteiger partial charge in [0.15, 0.2) is 5.83 Å². The van der Waals surface area contributed by atoms with Crippen LogP contribution in [0.3, 0.4) is 0 Å². The average Bonchev–Trinajstić information content (AvgIpc) is 2.51. The molecule has 24 heavy (non-hydrogen) atoms. The van der Waals surface area contributed by atoms with Gasteiger partial charge in [-0.15, -0.1) is 0 Å². The van der Waals surface area contributed by atoms with E-state index in [-0.39, 0.29) is 12.6 Å². The SMILES string of the molecule is CCCC(NC)c1ccc(COC/C(F)=C(/F)CC(F)(F)F)cc1. The first-order chi connectivity index (χ1) is 11.3. The largest absolute Gasteiger partial charge is 0.395 e. The lowest BCUT2D eigenvalue weighted by molar-refractivity contribution is -0.130. The van der Waals surface area contributed by atoms with Crippen molar-refractivity contribution in [2.75, 3.05) is 13.7 Å². The van der Waals surface area contributed by atoms with Crippen LogP contribution < -0.4 is 5.32 Å². The highest BCUT2D eigenvalue weighted by atomic mass is 19.4. The first-order valence-electron chi connectivity index (χ1n) is 7.70. The number of halogens is 5. The Labute approximate surface area is 138 Å². The summed E-state index contributed by atoms with van der Waals surface area (Å²) < 4.78 is 67.0. The standard InChI is InChI=1S/C17H22F5NO/c1-3-4-16(23-2)13-7-5-12(6-8-13)10-24-11-15(19)14(18)9-17(20,21)22/h5-8,16,23H,3-4,9-11H2,1-2H3/b15-14-. The van der Waals surface area contributed by atoms with Crippen LogP contribution in [0.2, 0.25) is 0 Å². The third-order valence-corrected chi connectivity index (χ3v) is 3.46. The van der Waals surface area contributed by atoms with Gasteiger partial charge in [-0.05, 0) is 24.6 Å². The number of benzene rings is 1. The van der Waals surface area contributed by atoms with Crippen LogP contribution in [-0.2, 0) is 11.3 Å². The van der Waals surface area contributed by atoms with Gasteiger partial charge in [0.05, 0.1) is 13.0 Å². The maximum absolute atomic E-state index is 13.2. The highest BCUT2D eigenvalue weighted by Gasteiger charge is 2.31. The van der Waals surface area contributed by atoms with E-state index in [0.29, 0.717) is 0 Å². The summed E-state index contributed by atoms with van der Waals surface area (Å²) in [5, 5.41) is 3.21. The van der Waals surface area contributed by atoms with E-state index in [2.05, 4.69) is 12.2 Å². The number of nitrogens with one attached hydrogen (secondary N) is 1. The maximum Gasteiger partial charge on any atom is 0.395 e. The van der Waals surface area contributed by atoms with Crippen molar-refractivity contribution in [3.05, 3.63) is 47.0 Å². The van der Waals surface area contributed by atoms with Gasteiger partial charge in [0.1, 0.15) is 12.4 Å². The van der Waals surface area contributed by atoms with Crippen molar-refractivity contribution in [2.24, 2.45) is 0 Å². The van der Waals surface area contributed by atoms with E-state index in [9.17, 15) is 22.0 Å². The number of allylic oxidation sites excluding steroid dienone is 1. The van der Waals surface area contributed by atoms with Gasteiger partial charge in [0.25, 0.3) is 0 Å². The number of alkyl halides is 3. The van der Waals surface area contributed by atoms with Crippen LogP contribution in [0.5, 0.6) is 0 Å². The highest BCUT2D eigenvalue weighted by molar-refractivity contribution is 5.24. The molecule has 0 heterocycles. The Morgan fingerprint density at radius 3 is 2.25 bits per heavy atom. The lowest BCUT2D eigenvalue weighted by Gasteiger charge is -2.16. The monoisotopic (exact) mass is 351 g/mol. The van der Waals surface area contributed by atoms with Gasteiger partial charge in [-0.25, -0.2) is 8.78 Å². The summed E-state index contributed by atoms with van der Waals surface area (Å²) in [7, 11) is 1.88. The number of hydrogen-bond donors (Lipinski definition) is 1. The van der Waals surface area contributed by atoms with Gasteiger partial charge in [-0.2, -0.15) is 13.2 Å². The van der Waals surface area contributed by atoms with Crippen LogP contribution >= 0.6 is 0 Å². The first kappa shape index (κ1) is 20.6. The molecule has 0 amide bonds. The molecule has 1 rings (SSSR count). The minimum Gasteiger partial charge on any atom is -0.370 e. The van der Waals surface area contributed by atoms with Gasteiger partial charge in [0, 0.05) is 6.04 Å². The van der Waals surface area contributed by atoms with Crippen LogP contribution in [0.25, 0.3) is 0 Å². The minimum atomic E-state index is -4.78. The fourth-order valence-electron chi connectivity index (χ4n) is 2.22. The molecule has 0 saturated heterocycles. The van der Waals surface area contributed by atoms with Gasteiger partial charge in [-0.3, -0.25) is 0 Å². The molecule has 0 aliphatic carbocycles. The molecule has 0 aromatic heterocycles. The molecule has 136 valence electrons. The lowest BCUT2D eigenvalue weighted by atomic mass is 10.0. The minimum absolute atomic E-state index is 0.00893. The summed E-state index contributed by atoms with van der Waals surface area (Å²) in [6.45, 7) is 1.26. The van der Waals surface area contributed by atoms with Crippen molar-refractivity contribution in [3.63, 3.8) is 0 Å². The predicted molar refractivity (Wildman–Crippen MR) is 82.7 cm³/mol. The Balaban J connectivity index is 2.52. The van der Waals surface area contributed by atoms with E-state index < -0.39 is 30.9 Å². The fourth-order valence-corrected chi connectivity index (χ4v) is 2.22. The van der Waals surface area contributed by atoms with E-state index >= 15 is 0 Å². The predicted octanol–water partition coefficient (Wildman–Crippen LogP) is 5.37. The molecule has 0 saturated carbocycles. The molecule has 1 aromatic carbocycles. The van der Waals surface area contributed by atoms with E-state index in [4.69, 9.17) is 4.74 Å². The van der Waals surface area contributed by atoms with Crippen molar-refractivity contribution >= 4 is 0 Å². The van der Waals surface area contributed by atoms with Crippen LogP contribution in [0, 0.1) is 0 Å². The van der Waals surface area contributed by atoms with E-state index in [1.807, 2.05) is 19.2 Å². The maximum atomic E-state index is 13.2. The Kier molecular flexibility index (Phi) is 8.35. The van der Waals surface area contributed by atoms with Crippen LogP contribution in [0.4, 0.5) is 22.0 Å². The molecule has 2 nitrogen and oxygen atoms in total. The summed E-state index contributed by atoms with van der Waals surface area (Å²) in [5.74, 6) is -3.36. The van der Waals surface area contributed by atoms with E-state index in [0.717, 1.165) is 24.0 Å².